The SMILES string of the molecule is CC1CCCC1(C=O)CC#CC(C)(C)C. The minimum Gasteiger partial charge on any atom is -0.303 e. The minimum atomic E-state index is -0.141. The maximum absolute atomic E-state index is 11.2. The van der Waals surface area contributed by atoms with Crippen LogP contribution in [0.25, 0.3) is 0 Å². The van der Waals surface area contributed by atoms with Gasteiger partial charge in [-0.25, -0.2) is 0 Å². The molecule has 1 rings (SSSR count). The standard InChI is InChI=1S/C14H22O/c1-12-7-5-9-14(12,11-15)10-6-8-13(2,3)4/h11-12H,5,7,9-10H2,1-4H3. The van der Waals surface area contributed by atoms with Gasteiger partial charge in [-0.15, -0.1) is 5.92 Å². The van der Waals surface area contributed by atoms with E-state index in [1.165, 1.54) is 12.8 Å². The molecule has 1 heteroatoms. The first-order valence-electron chi connectivity index (χ1n) is 5.86. The van der Waals surface area contributed by atoms with Gasteiger partial charge in [0.15, 0.2) is 0 Å². The van der Waals surface area contributed by atoms with E-state index in [1.54, 1.807) is 0 Å². The predicted molar refractivity (Wildman–Crippen MR) is 63.4 cm³/mol. The van der Waals surface area contributed by atoms with Crippen LogP contribution in [0.2, 0.25) is 0 Å². The van der Waals surface area contributed by atoms with Gasteiger partial charge in [0.1, 0.15) is 6.29 Å². The van der Waals surface area contributed by atoms with Crippen LogP contribution in [0.3, 0.4) is 0 Å². The summed E-state index contributed by atoms with van der Waals surface area (Å²) < 4.78 is 0. The van der Waals surface area contributed by atoms with Crippen molar-refractivity contribution in [3.8, 4) is 11.8 Å². The first-order valence-corrected chi connectivity index (χ1v) is 5.86. The summed E-state index contributed by atoms with van der Waals surface area (Å²) in [5.41, 5.74) is -0.0931. The summed E-state index contributed by atoms with van der Waals surface area (Å²) in [6.45, 7) is 8.49. The van der Waals surface area contributed by atoms with Crippen LogP contribution in [0.4, 0.5) is 0 Å². The molecule has 2 atom stereocenters. The molecule has 2 unspecified atom stereocenters. The first-order chi connectivity index (χ1) is 6.90. The zero-order chi connectivity index (χ0) is 11.5. The molecule has 1 fully saturated rings. The van der Waals surface area contributed by atoms with Crippen LogP contribution in [0.15, 0.2) is 0 Å². The highest BCUT2D eigenvalue weighted by atomic mass is 16.1. The molecule has 0 saturated heterocycles. The topological polar surface area (TPSA) is 17.1 Å². The van der Waals surface area contributed by atoms with Crippen LogP contribution in [-0.2, 0) is 4.79 Å². The number of carbonyl (C=O) groups is 1. The van der Waals surface area contributed by atoms with Crippen molar-refractivity contribution in [2.24, 2.45) is 16.7 Å². The average Bonchev–Trinajstić information content (AvgIpc) is 2.46. The molecule has 0 radical (unpaired) electrons. The highest BCUT2D eigenvalue weighted by molar-refractivity contribution is 5.61. The Balaban J connectivity index is 2.69. The van der Waals surface area contributed by atoms with E-state index in [0.29, 0.717) is 5.92 Å². The third-order valence-corrected chi connectivity index (χ3v) is 3.38. The number of carbonyl (C=O) groups excluding carboxylic acids is 1. The molecule has 0 aromatic rings. The van der Waals surface area contributed by atoms with Gasteiger partial charge in [-0.1, -0.05) is 19.3 Å². The molecule has 0 aromatic heterocycles. The summed E-state index contributed by atoms with van der Waals surface area (Å²) in [5, 5.41) is 0. The van der Waals surface area contributed by atoms with E-state index in [-0.39, 0.29) is 10.8 Å². The summed E-state index contributed by atoms with van der Waals surface area (Å²) in [6.07, 6.45) is 5.28. The van der Waals surface area contributed by atoms with E-state index in [1.807, 2.05) is 0 Å². The molecule has 0 bridgehead atoms. The van der Waals surface area contributed by atoms with Crippen LogP contribution >= 0.6 is 0 Å². The average molecular weight is 206 g/mol. The molecule has 0 aliphatic heterocycles. The van der Waals surface area contributed by atoms with Crippen molar-refractivity contribution in [3.63, 3.8) is 0 Å². The lowest BCUT2D eigenvalue weighted by Crippen LogP contribution is -2.25. The van der Waals surface area contributed by atoms with Crippen LogP contribution in [-0.4, -0.2) is 6.29 Å². The molecule has 1 saturated carbocycles. The zero-order valence-corrected chi connectivity index (χ0v) is 10.4. The van der Waals surface area contributed by atoms with Gasteiger partial charge in [0.2, 0.25) is 0 Å². The molecule has 0 aromatic carbocycles. The summed E-state index contributed by atoms with van der Waals surface area (Å²) in [5.74, 6) is 6.93. The third-order valence-electron chi connectivity index (χ3n) is 3.38. The fourth-order valence-corrected chi connectivity index (χ4v) is 2.22. The quantitative estimate of drug-likeness (QED) is 0.499. The highest BCUT2D eigenvalue weighted by Gasteiger charge is 2.39. The lowest BCUT2D eigenvalue weighted by atomic mass is 9.77. The molecule has 1 aliphatic carbocycles. The Kier molecular flexibility index (Phi) is 3.60. The lowest BCUT2D eigenvalue weighted by molar-refractivity contribution is -0.117. The monoisotopic (exact) mass is 206 g/mol. The van der Waals surface area contributed by atoms with E-state index in [4.69, 9.17) is 0 Å². The summed E-state index contributed by atoms with van der Waals surface area (Å²) in [6, 6.07) is 0. The van der Waals surface area contributed by atoms with Gasteiger partial charge in [-0.2, -0.15) is 0 Å². The summed E-state index contributed by atoms with van der Waals surface area (Å²) >= 11 is 0. The van der Waals surface area contributed by atoms with Gasteiger partial charge in [-0.3, -0.25) is 0 Å². The van der Waals surface area contributed by atoms with Crippen molar-refractivity contribution in [2.75, 3.05) is 0 Å². The minimum absolute atomic E-state index is 0.0475. The number of aldehydes is 1. The van der Waals surface area contributed by atoms with Gasteiger partial charge < -0.3 is 4.79 Å². The molecule has 1 nitrogen and oxygen atoms in total. The van der Waals surface area contributed by atoms with Crippen LogP contribution in [0, 0.1) is 28.6 Å². The lowest BCUT2D eigenvalue weighted by Gasteiger charge is -2.24. The predicted octanol–water partition coefficient (Wildman–Crippen LogP) is 3.43. The van der Waals surface area contributed by atoms with Gasteiger partial charge in [-0.05, 0) is 39.5 Å². The molecule has 0 heterocycles. The molecule has 15 heavy (non-hydrogen) atoms. The van der Waals surface area contributed by atoms with Crippen molar-refractivity contribution < 1.29 is 4.79 Å². The molecule has 0 spiro atoms. The second-order valence-corrected chi connectivity index (χ2v) is 5.87. The van der Waals surface area contributed by atoms with Gasteiger partial charge in [0.25, 0.3) is 0 Å². The number of rotatable bonds is 2. The molecule has 0 amide bonds. The van der Waals surface area contributed by atoms with Crippen LogP contribution < -0.4 is 0 Å². The van der Waals surface area contributed by atoms with E-state index in [0.717, 1.165) is 19.1 Å². The van der Waals surface area contributed by atoms with E-state index >= 15 is 0 Å². The Hall–Kier alpha value is -0.770. The molecular formula is C14H22O. The number of hydrogen-bond acceptors (Lipinski definition) is 1. The Bertz CT molecular complexity index is 287. The van der Waals surface area contributed by atoms with E-state index < -0.39 is 0 Å². The summed E-state index contributed by atoms with van der Waals surface area (Å²) in [7, 11) is 0. The smallest absolute Gasteiger partial charge is 0.127 e. The van der Waals surface area contributed by atoms with Crippen molar-refractivity contribution in [2.45, 2.75) is 53.4 Å². The Labute approximate surface area is 93.6 Å². The van der Waals surface area contributed by atoms with Gasteiger partial charge in [0.05, 0.1) is 0 Å². The second kappa shape index (κ2) is 4.39. The molecule has 0 N–H and O–H groups in total. The fraction of sp³-hybridized carbons (Fsp3) is 0.786. The van der Waals surface area contributed by atoms with Gasteiger partial charge >= 0.3 is 0 Å². The molecular weight excluding hydrogens is 184 g/mol. The van der Waals surface area contributed by atoms with Crippen LogP contribution in [0.1, 0.15) is 53.4 Å². The molecule has 1 aliphatic rings. The van der Waals surface area contributed by atoms with Gasteiger partial charge in [0, 0.05) is 17.3 Å². The third kappa shape index (κ3) is 3.09. The second-order valence-electron chi connectivity index (χ2n) is 5.87. The maximum atomic E-state index is 11.2. The van der Waals surface area contributed by atoms with Crippen LogP contribution in [0.5, 0.6) is 0 Å². The fourth-order valence-electron chi connectivity index (χ4n) is 2.22. The van der Waals surface area contributed by atoms with Crippen molar-refractivity contribution in [1.29, 1.82) is 0 Å². The summed E-state index contributed by atoms with van der Waals surface area (Å²) in [4.78, 5) is 11.2. The zero-order valence-electron chi connectivity index (χ0n) is 10.4. The Morgan fingerprint density at radius 1 is 1.47 bits per heavy atom. The van der Waals surface area contributed by atoms with E-state index in [9.17, 15) is 4.79 Å². The van der Waals surface area contributed by atoms with E-state index in [2.05, 4.69) is 39.5 Å². The van der Waals surface area contributed by atoms with Crippen molar-refractivity contribution in [3.05, 3.63) is 0 Å². The Morgan fingerprint density at radius 3 is 2.53 bits per heavy atom. The van der Waals surface area contributed by atoms with Crippen molar-refractivity contribution >= 4 is 6.29 Å². The highest BCUT2D eigenvalue weighted by Crippen LogP contribution is 2.43. The Morgan fingerprint density at radius 2 is 2.13 bits per heavy atom. The normalized spacial score (nSPS) is 30.8. The molecule has 84 valence electrons. The number of hydrogen-bond donors (Lipinski definition) is 0. The first kappa shape index (κ1) is 12.3. The van der Waals surface area contributed by atoms with Crippen molar-refractivity contribution in [1.82, 2.24) is 0 Å². The maximum Gasteiger partial charge on any atom is 0.127 e. The largest absolute Gasteiger partial charge is 0.303 e.